The highest BCUT2D eigenvalue weighted by Crippen LogP contribution is 2.23. The lowest BCUT2D eigenvalue weighted by atomic mass is 9.90. The number of para-hydroxylation sites is 2. The number of rotatable bonds is 4. The molecule has 1 fully saturated rings. The molecule has 1 aliphatic rings. The van der Waals surface area contributed by atoms with Gasteiger partial charge in [-0.2, -0.15) is 0 Å². The van der Waals surface area contributed by atoms with Crippen molar-refractivity contribution in [3.63, 3.8) is 0 Å². The summed E-state index contributed by atoms with van der Waals surface area (Å²) in [5, 5.41) is 0. The van der Waals surface area contributed by atoms with E-state index >= 15 is 0 Å². The fraction of sp³-hybridized carbons (Fsp3) is 0.318. The third-order valence-electron chi connectivity index (χ3n) is 5.25. The van der Waals surface area contributed by atoms with Crippen LogP contribution in [-0.4, -0.2) is 33.9 Å². The average Bonchev–Trinajstić information content (AvgIpc) is 2.72. The molecule has 26 heavy (non-hydrogen) atoms. The fourth-order valence-electron chi connectivity index (χ4n) is 3.66. The number of likely N-dealkylation sites (tertiary alicyclic amines) is 1. The number of carbonyl (C=O) groups excluding carboxylic acids is 1. The normalized spacial score (nSPS) is 15.3. The Morgan fingerprint density at radius 2 is 1.65 bits per heavy atom. The molecule has 1 saturated heterocycles. The van der Waals surface area contributed by atoms with Crippen LogP contribution in [0, 0.1) is 5.92 Å². The molecular formula is C22H23N3O. The summed E-state index contributed by atoms with van der Waals surface area (Å²) in [5.41, 5.74) is 3.45. The van der Waals surface area contributed by atoms with E-state index in [-0.39, 0.29) is 5.91 Å². The summed E-state index contributed by atoms with van der Waals surface area (Å²) in [6.07, 6.45) is 6.06. The number of hydrogen-bond acceptors (Lipinski definition) is 3. The highest BCUT2D eigenvalue weighted by atomic mass is 16.2. The molecule has 3 aromatic rings. The molecule has 1 amide bonds. The minimum Gasteiger partial charge on any atom is -0.337 e. The van der Waals surface area contributed by atoms with Gasteiger partial charge in [-0.3, -0.25) is 9.78 Å². The lowest BCUT2D eigenvalue weighted by molar-refractivity contribution is 0.0681. The number of aryl methyl sites for hydroxylation is 1. The fourth-order valence-corrected chi connectivity index (χ4v) is 3.66. The summed E-state index contributed by atoms with van der Waals surface area (Å²) in [6, 6.07) is 18.3. The second kappa shape index (κ2) is 7.65. The minimum absolute atomic E-state index is 0.00441. The maximum absolute atomic E-state index is 12.8. The quantitative estimate of drug-likeness (QED) is 0.715. The largest absolute Gasteiger partial charge is 0.337 e. The Balaban J connectivity index is 1.34. The number of fused-ring (bicyclic) bond motifs is 1. The Hall–Kier alpha value is -2.75. The smallest absolute Gasteiger partial charge is 0.274 e. The van der Waals surface area contributed by atoms with E-state index in [0.717, 1.165) is 43.4 Å². The van der Waals surface area contributed by atoms with Crippen molar-refractivity contribution in [1.82, 2.24) is 14.9 Å². The highest BCUT2D eigenvalue weighted by Gasteiger charge is 2.24. The maximum atomic E-state index is 12.8. The predicted octanol–water partition coefficient (Wildman–Crippen LogP) is 4.11. The second-order valence-corrected chi connectivity index (χ2v) is 7.00. The van der Waals surface area contributed by atoms with E-state index in [0.29, 0.717) is 11.6 Å². The number of amides is 1. The first-order valence-electron chi connectivity index (χ1n) is 9.34. The molecule has 0 spiro atoms. The van der Waals surface area contributed by atoms with Crippen LogP contribution in [0.25, 0.3) is 11.0 Å². The van der Waals surface area contributed by atoms with Crippen molar-refractivity contribution < 1.29 is 4.79 Å². The standard InChI is InChI=1S/C22H23N3O/c26-22(21-16-23-19-8-4-5-9-20(19)24-21)25-14-12-18(13-15-25)11-10-17-6-2-1-3-7-17/h1-9,16,18H,10-15H2. The molecule has 1 aromatic heterocycles. The monoisotopic (exact) mass is 345 g/mol. The zero-order valence-corrected chi connectivity index (χ0v) is 14.8. The van der Waals surface area contributed by atoms with Crippen molar-refractivity contribution in [2.75, 3.05) is 13.1 Å². The van der Waals surface area contributed by atoms with Gasteiger partial charge in [0, 0.05) is 13.1 Å². The van der Waals surface area contributed by atoms with Gasteiger partial charge in [0.25, 0.3) is 5.91 Å². The molecule has 0 atom stereocenters. The van der Waals surface area contributed by atoms with Crippen molar-refractivity contribution in [2.45, 2.75) is 25.7 Å². The van der Waals surface area contributed by atoms with Crippen LogP contribution < -0.4 is 0 Å². The Bertz CT molecular complexity index is 886. The SMILES string of the molecule is O=C(c1cnc2ccccc2n1)N1CCC(CCc2ccccc2)CC1. The van der Waals surface area contributed by atoms with Crippen molar-refractivity contribution in [2.24, 2.45) is 5.92 Å². The van der Waals surface area contributed by atoms with Crippen molar-refractivity contribution in [3.05, 3.63) is 72.1 Å². The molecule has 4 rings (SSSR count). The van der Waals surface area contributed by atoms with Gasteiger partial charge in [-0.1, -0.05) is 42.5 Å². The first kappa shape index (κ1) is 16.7. The first-order chi connectivity index (χ1) is 12.8. The van der Waals surface area contributed by atoms with Crippen LogP contribution in [0.2, 0.25) is 0 Å². The Kier molecular flexibility index (Phi) is 4.91. The van der Waals surface area contributed by atoms with E-state index < -0.39 is 0 Å². The molecule has 4 nitrogen and oxygen atoms in total. The van der Waals surface area contributed by atoms with Crippen LogP contribution in [0.4, 0.5) is 0 Å². The van der Waals surface area contributed by atoms with Gasteiger partial charge in [-0.25, -0.2) is 4.98 Å². The number of aromatic nitrogens is 2. The molecule has 132 valence electrons. The van der Waals surface area contributed by atoms with Gasteiger partial charge in [0.15, 0.2) is 0 Å². The summed E-state index contributed by atoms with van der Waals surface area (Å²) in [4.78, 5) is 23.5. The zero-order valence-electron chi connectivity index (χ0n) is 14.8. The van der Waals surface area contributed by atoms with E-state index in [4.69, 9.17) is 0 Å². The van der Waals surface area contributed by atoms with Crippen LogP contribution in [0.15, 0.2) is 60.8 Å². The highest BCUT2D eigenvalue weighted by molar-refractivity contribution is 5.93. The van der Waals surface area contributed by atoms with E-state index in [1.54, 1.807) is 6.20 Å². The summed E-state index contributed by atoms with van der Waals surface area (Å²) < 4.78 is 0. The molecule has 2 heterocycles. The van der Waals surface area contributed by atoms with Crippen molar-refractivity contribution >= 4 is 16.9 Å². The average molecular weight is 345 g/mol. The summed E-state index contributed by atoms with van der Waals surface area (Å²) >= 11 is 0. The number of hydrogen-bond donors (Lipinski definition) is 0. The van der Waals surface area contributed by atoms with Gasteiger partial charge in [-0.05, 0) is 49.3 Å². The van der Waals surface area contributed by atoms with E-state index in [1.807, 2.05) is 29.2 Å². The van der Waals surface area contributed by atoms with Gasteiger partial charge < -0.3 is 4.90 Å². The summed E-state index contributed by atoms with van der Waals surface area (Å²) in [7, 11) is 0. The molecular weight excluding hydrogens is 322 g/mol. The van der Waals surface area contributed by atoms with Crippen LogP contribution in [0.1, 0.15) is 35.3 Å². The topological polar surface area (TPSA) is 46.1 Å². The number of benzene rings is 2. The van der Waals surface area contributed by atoms with Gasteiger partial charge in [0.1, 0.15) is 5.69 Å². The molecule has 4 heteroatoms. The molecule has 0 aliphatic carbocycles. The van der Waals surface area contributed by atoms with Crippen LogP contribution >= 0.6 is 0 Å². The molecule has 1 aliphatic heterocycles. The second-order valence-electron chi connectivity index (χ2n) is 7.00. The molecule has 2 aromatic carbocycles. The Morgan fingerprint density at radius 1 is 0.962 bits per heavy atom. The van der Waals surface area contributed by atoms with Crippen molar-refractivity contribution in [1.29, 1.82) is 0 Å². The zero-order chi connectivity index (χ0) is 17.8. The third kappa shape index (κ3) is 3.74. The lowest BCUT2D eigenvalue weighted by Gasteiger charge is -2.31. The number of piperidine rings is 1. The number of nitrogens with zero attached hydrogens (tertiary/aromatic N) is 3. The first-order valence-corrected chi connectivity index (χ1v) is 9.34. The van der Waals surface area contributed by atoms with E-state index in [9.17, 15) is 4.79 Å². The summed E-state index contributed by atoms with van der Waals surface area (Å²) in [5.74, 6) is 0.701. The van der Waals surface area contributed by atoms with Gasteiger partial charge in [0.05, 0.1) is 17.2 Å². The molecule has 0 bridgehead atoms. The molecule has 0 radical (unpaired) electrons. The molecule has 0 N–H and O–H groups in total. The third-order valence-corrected chi connectivity index (χ3v) is 5.25. The molecule has 0 unspecified atom stereocenters. The van der Waals surface area contributed by atoms with E-state index in [1.165, 1.54) is 12.0 Å². The van der Waals surface area contributed by atoms with Crippen LogP contribution in [-0.2, 0) is 6.42 Å². The van der Waals surface area contributed by atoms with Crippen LogP contribution in [0.5, 0.6) is 0 Å². The number of carbonyl (C=O) groups is 1. The van der Waals surface area contributed by atoms with Gasteiger partial charge >= 0.3 is 0 Å². The van der Waals surface area contributed by atoms with Crippen molar-refractivity contribution in [3.8, 4) is 0 Å². The van der Waals surface area contributed by atoms with Crippen LogP contribution in [0.3, 0.4) is 0 Å². The van der Waals surface area contributed by atoms with E-state index in [2.05, 4.69) is 40.3 Å². The van der Waals surface area contributed by atoms with Gasteiger partial charge in [-0.15, -0.1) is 0 Å². The molecule has 0 saturated carbocycles. The lowest BCUT2D eigenvalue weighted by Crippen LogP contribution is -2.39. The van der Waals surface area contributed by atoms with Gasteiger partial charge in [0.2, 0.25) is 0 Å². The summed E-state index contributed by atoms with van der Waals surface area (Å²) in [6.45, 7) is 1.62. The Labute approximate surface area is 153 Å². The Morgan fingerprint density at radius 3 is 2.42 bits per heavy atom. The minimum atomic E-state index is 0.00441. The maximum Gasteiger partial charge on any atom is 0.274 e. The predicted molar refractivity (Wildman–Crippen MR) is 103 cm³/mol.